The second-order valence-corrected chi connectivity index (χ2v) is 8.40. The maximum absolute atomic E-state index is 13.5. The average molecular weight is 447 g/mol. The Morgan fingerprint density at radius 3 is 2.21 bits per heavy atom. The molecule has 4 rings (SSSR count). The van der Waals surface area contributed by atoms with Crippen LogP contribution >= 0.6 is 0 Å². The van der Waals surface area contributed by atoms with E-state index in [2.05, 4.69) is 18.8 Å². The Hall–Kier alpha value is -3.94. The minimum absolute atomic E-state index is 0.0801. The standard InChI is InChI=1S/C25H26N4O4/c1-17(2)13-27-16-26-22-21(27)23(30)29(15-19-9-11-20(12-10-19)24(31)33-3)25(32)28(22)14-18-7-5-4-6-8-18/h4-12,16-17H,13-15H2,1-3H3. The Morgan fingerprint density at radius 2 is 1.58 bits per heavy atom. The largest absolute Gasteiger partial charge is 0.465 e. The molecule has 2 heterocycles. The van der Waals surface area contributed by atoms with E-state index in [-0.39, 0.29) is 12.1 Å². The van der Waals surface area contributed by atoms with Crippen molar-refractivity contribution in [1.29, 1.82) is 0 Å². The quantitative estimate of drug-likeness (QED) is 0.408. The molecule has 0 unspecified atom stereocenters. The molecule has 2 aromatic carbocycles. The van der Waals surface area contributed by atoms with Gasteiger partial charge >= 0.3 is 11.7 Å². The third-order valence-electron chi connectivity index (χ3n) is 5.44. The van der Waals surface area contributed by atoms with Gasteiger partial charge in [-0.25, -0.2) is 14.6 Å². The van der Waals surface area contributed by atoms with Crippen LogP contribution in [-0.2, 0) is 24.4 Å². The van der Waals surface area contributed by atoms with Gasteiger partial charge in [0.05, 0.1) is 32.1 Å². The minimum Gasteiger partial charge on any atom is -0.465 e. The van der Waals surface area contributed by atoms with Crippen LogP contribution < -0.4 is 11.2 Å². The van der Waals surface area contributed by atoms with Crippen LogP contribution in [0.2, 0.25) is 0 Å². The van der Waals surface area contributed by atoms with E-state index in [0.717, 1.165) is 11.1 Å². The Labute approximate surface area is 190 Å². The molecule has 8 nitrogen and oxygen atoms in total. The van der Waals surface area contributed by atoms with Gasteiger partial charge in [0.1, 0.15) is 0 Å². The molecule has 0 saturated heterocycles. The van der Waals surface area contributed by atoms with E-state index in [4.69, 9.17) is 4.74 Å². The van der Waals surface area contributed by atoms with Gasteiger partial charge in [-0.2, -0.15) is 0 Å². The minimum atomic E-state index is -0.442. The van der Waals surface area contributed by atoms with Crippen molar-refractivity contribution < 1.29 is 9.53 Å². The molecule has 2 aromatic heterocycles. The van der Waals surface area contributed by atoms with Gasteiger partial charge in [0.2, 0.25) is 0 Å². The van der Waals surface area contributed by atoms with Crippen LogP contribution in [-0.4, -0.2) is 31.8 Å². The first kappa shape index (κ1) is 22.3. The predicted molar refractivity (Wildman–Crippen MR) is 126 cm³/mol. The number of nitrogens with zero attached hydrogens (tertiary/aromatic N) is 4. The van der Waals surface area contributed by atoms with Crippen LogP contribution in [0.25, 0.3) is 11.2 Å². The molecule has 0 spiro atoms. The van der Waals surface area contributed by atoms with Crippen LogP contribution in [0.1, 0.15) is 35.3 Å². The molecule has 4 aromatic rings. The first-order valence-electron chi connectivity index (χ1n) is 10.8. The summed E-state index contributed by atoms with van der Waals surface area (Å²) in [6.45, 7) is 5.12. The van der Waals surface area contributed by atoms with Crippen molar-refractivity contribution in [1.82, 2.24) is 18.7 Å². The Bertz CT molecular complexity index is 1400. The van der Waals surface area contributed by atoms with Crippen LogP contribution in [0.15, 0.2) is 70.5 Å². The first-order chi connectivity index (χ1) is 15.9. The van der Waals surface area contributed by atoms with E-state index in [1.165, 1.54) is 11.7 Å². The summed E-state index contributed by atoms with van der Waals surface area (Å²) < 4.78 is 9.33. The Morgan fingerprint density at radius 1 is 0.939 bits per heavy atom. The molecule has 0 fully saturated rings. The molecule has 0 saturated carbocycles. The monoisotopic (exact) mass is 446 g/mol. The van der Waals surface area contributed by atoms with Crippen molar-refractivity contribution in [2.75, 3.05) is 7.11 Å². The van der Waals surface area contributed by atoms with Gasteiger partial charge in [0.15, 0.2) is 11.2 Å². The van der Waals surface area contributed by atoms with E-state index >= 15 is 0 Å². The third-order valence-corrected chi connectivity index (χ3v) is 5.44. The molecular formula is C25H26N4O4. The van der Waals surface area contributed by atoms with Crippen molar-refractivity contribution in [2.45, 2.75) is 33.5 Å². The lowest BCUT2D eigenvalue weighted by Crippen LogP contribution is -2.41. The van der Waals surface area contributed by atoms with Crippen LogP contribution in [0.4, 0.5) is 0 Å². The fraction of sp³-hybridized carbons (Fsp3) is 0.280. The topological polar surface area (TPSA) is 88.1 Å². The number of rotatable bonds is 7. The molecular weight excluding hydrogens is 420 g/mol. The number of benzene rings is 2. The van der Waals surface area contributed by atoms with Crippen molar-refractivity contribution in [2.24, 2.45) is 5.92 Å². The van der Waals surface area contributed by atoms with E-state index < -0.39 is 11.7 Å². The molecule has 8 heteroatoms. The molecule has 0 N–H and O–H groups in total. The summed E-state index contributed by atoms with van der Waals surface area (Å²) in [6.07, 6.45) is 1.63. The zero-order valence-corrected chi connectivity index (χ0v) is 18.9. The lowest BCUT2D eigenvalue weighted by atomic mass is 10.1. The smallest absolute Gasteiger partial charge is 0.337 e. The van der Waals surface area contributed by atoms with E-state index in [0.29, 0.717) is 35.7 Å². The van der Waals surface area contributed by atoms with E-state index in [9.17, 15) is 14.4 Å². The van der Waals surface area contributed by atoms with Gasteiger partial charge in [-0.1, -0.05) is 56.3 Å². The van der Waals surface area contributed by atoms with Crippen LogP contribution in [0, 0.1) is 5.92 Å². The molecule has 0 radical (unpaired) electrons. The zero-order chi connectivity index (χ0) is 23.5. The van der Waals surface area contributed by atoms with Crippen LogP contribution in [0.3, 0.4) is 0 Å². The third kappa shape index (κ3) is 4.50. The molecule has 0 aliphatic heterocycles. The van der Waals surface area contributed by atoms with E-state index in [1.54, 1.807) is 35.2 Å². The maximum atomic E-state index is 13.5. The highest BCUT2D eigenvalue weighted by molar-refractivity contribution is 5.89. The number of carbonyl (C=O) groups is 1. The van der Waals surface area contributed by atoms with Gasteiger partial charge < -0.3 is 9.30 Å². The second kappa shape index (κ2) is 9.28. The summed E-state index contributed by atoms with van der Waals surface area (Å²) in [7, 11) is 1.32. The molecule has 0 atom stereocenters. The van der Waals surface area contributed by atoms with Gasteiger partial charge in [-0.15, -0.1) is 0 Å². The highest BCUT2D eigenvalue weighted by Crippen LogP contribution is 2.13. The van der Waals surface area contributed by atoms with Gasteiger partial charge in [-0.3, -0.25) is 13.9 Å². The molecule has 170 valence electrons. The van der Waals surface area contributed by atoms with Gasteiger partial charge in [-0.05, 0) is 29.2 Å². The first-order valence-corrected chi connectivity index (χ1v) is 10.8. The van der Waals surface area contributed by atoms with Crippen molar-refractivity contribution in [3.63, 3.8) is 0 Å². The average Bonchev–Trinajstić information content (AvgIpc) is 3.23. The van der Waals surface area contributed by atoms with Crippen molar-refractivity contribution in [3.05, 3.63) is 98.5 Å². The summed E-state index contributed by atoms with van der Waals surface area (Å²) >= 11 is 0. The van der Waals surface area contributed by atoms with Gasteiger partial charge in [0, 0.05) is 6.54 Å². The van der Waals surface area contributed by atoms with Gasteiger partial charge in [0.25, 0.3) is 5.56 Å². The lowest BCUT2D eigenvalue weighted by Gasteiger charge is -2.14. The number of aromatic nitrogens is 4. The summed E-state index contributed by atoms with van der Waals surface area (Å²) in [5.41, 5.74) is 2.05. The van der Waals surface area contributed by atoms with Crippen molar-refractivity contribution >= 4 is 17.1 Å². The molecule has 0 amide bonds. The normalized spacial score (nSPS) is 11.3. The number of imidazole rings is 1. The number of hydrogen-bond acceptors (Lipinski definition) is 5. The number of ether oxygens (including phenoxy) is 1. The highest BCUT2D eigenvalue weighted by atomic mass is 16.5. The SMILES string of the molecule is COC(=O)c1ccc(Cn2c(=O)c3c(ncn3CC(C)C)n(Cc3ccccc3)c2=O)cc1. The fourth-order valence-corrected chi connectivity index (χ4v) is 3.87. The zero-order valence-electron chi connectivity index (χ0n) is 18.9. The summed E-state index contributed by atoms with van der Waals surface area (Å²) in [5.74, 6) is -0.140. The number of esters is 1. The Balaban J connectivity index is 1.85. The van der Waals surface area contributed by atoms with E-state index in [1.807, 2.05) is 34.9 Å². The maximum Gasteiger partial charge on any atom is 0.337 e. The Kier molecular flexibility index (Phi) is 6.26. The van der Waals surface area contributed by atoms with Crippen LogP contribution in [0.5, 0.6) is 0 Å². The number of hydrogen-bond donors (Lipinski definition) is 0. The fourth-order valence-electron chi connectivity index (χ4n) is 3.87. The second-order valence-electron chi connectivity index (χ2n) is 8.40. The molecule has 0 aliphatic rings. The van der Waals surface area contributed by atoms with Crippen molar-refractivity contribution in [3.8, 4) is 0 Å². The number of carbonyl (C=O) groups excluding carboxylic acids is 1. The predicted octanol–water partition coefficient (Wildman–Crippen LogP) is 2.90. The number of fused-ring (bicyclic) bond motifs is 1. The molecule has 0 aliphatic carbocycles. The number of methoxy groups -OCH3 is 1. The summed E-state index contributed by atoms with van der Waals surface area (Å²) in [5, 5.41) is 0. The summed E-state index contributed by atoms with van der Waals surface area (Å²) in [6, 6.07) is 16.3. The lowest BCUT2D eigenvalue weighted by molar-refractivity contribution is 0.0600. The summed E-state index contributed by atoms with van der Waals surface area (Å²) in [4.78, 5) is 43.1. The molecule has 33 heavy (non-hydrogen) atoms. The highest BCUT2D eigenvalue weighted by Gasteiger charge is 2.19. The molecule has 0 bridgehead atoms.